The molecule has 7 heteroatoms. The van der Waals surface area contributed by atoms with E-state index in [4.69, 9.17) is 11.5 Å². The van der Waals surface area contributed by atoms with Crippen LogP contribution in [0, 0.1) is 12.8 Å². The number of anilines is 2. The van der Waals surface area contributed by atoms with E-state index in [9.17, 15) is 4.79 Å². The van der Waals surface area contributed by atoms with Gasteiger partial charge in [-0.15, -0.1) is 0 Å². The maximum atomic E-state index is 11.3. The van der Waals surface area contributed by atoms with E-state index < -0.39 is 0 Å². The number of rotatable bonds is 5. The summed E-state index contributed by atoms with van der Waals surface area (Å²) in [5.41, 5.74) is 13.8. The molecule has 0 bridgehead atoms. The maximum Gasteiger partial charge on any atom is 0.220 e. The summed E-state index contributed by atoms with van der Waals surface area (Å²) in [6.07, 6.45) is 1.51. The van der Waals surface area contributed by atoms with Gasteiger partial charge in [-0.25, -0.2) is 9.97 Å². The Morgan fingerprint density at radius 3 is 2.56 bits per heavy atom. The second-order valence-corrected chi connectivity index (χ2v) is 7.31. The lowest BCUT2D eigenvalue weighted by molar-refractivity contribution is -0.122. The fraction of sp³-hybridized carbons (Fsp3) is 0.389. The van der Waals surface area contributed by atoms with Crippen molar-refractivity contribution in [3.63, 3.8) is 0 Å². The van der Waals surface area contributed by atoms with Gasteiger partial charge in [-0.05, 0) is 25.3 Å². The number of aromatic nitrogens is 2. The fourth-order valence-electron chi connectivity index (χ4n) is 2.88. The molecule has 1 aliphatic heterocycles. The van der Waals surface area contributed by atoms with Gasteiger partial charge in [-0.2, -0.15) is 0 Å². The molecule has 1 amide bonds. The second kappa shape index (κ2) is 7.74. The molecule has 6 nitrogen and oxygen atoms in total. The Balaban J connectivity index is 1.66. The molecule has 0 saturated carbocycles. The molecule has 3 rings (SSSR count). The van der Waals surface area contributed by atoms with Crippen LogP contribution >= 0.6 is 11.8 Å². The monoisotopic (exact) mass is 357 g/mol. The third-order valence-corrected chi connectivity index (χ3v) is 5.34. The summed E-state index contributed by atoms with van der Waals surface area (Å²) in [6, 6.07) is 10.2. The maximum absolute atomic E-state index is 11.3. The van der Waals surface area contributed by atoms with Crippen molar-refractivity contribution >= 4 is 29.3 Å². The first-order valence-electron chi connectivity index (χ1n) is 8.38. The lowest BCUT2D eigenvalue weighted by Gasteiger charge is -2.31. The molecule has 1 aromatic carbocycles. The second-order valence-electron chi connectivity index (χ2n) is 6.37. The first-order valence-corrected chi connectivity index (χ1v) is 9.37. The molecule has 0 radical (unpaired) electrons. The number of primary amides is 1. The zero-order valence-corrected chi connectivity index (χ0v) is 15.1. The van der Waals surface area contributed by atoms with Gasteiger partial charge in [-0.3, -0.25) is 4.79 Å². The van der Waals surface area contributed by atoms with Crippen LogP contribution in [0.15, 0.2) is 35.5 Å². The van der Waals surface area contributed by atoms with Crippen LogP contribution in [0.25, 0.3) is 0 Å². The molecule has 0 aliphatic carbocycles. The average molecular weight is 357 g/mol. The molecule has 0 spiro atoms. The molecule has 0 unspecified atom stereocenters. The minimum atomic E-state index is -0.212. The van der Waals surface area contributed by atoms with E-state index in [0.29, 0.717) is 11.0 Å². The van der Waals surface area contributed by atoms with Crippen molar-refractivity contribution < 1.29 is 4.79 Å². The number of nitrogen functional groups attached to an aromatic ring is 1. The normalized spacial score (nSPS) is 15.3. The Morgan fingerprint density at radius 2 is 1.92 bits per heavy atom. The summed E-state index contributed by atoms with van der Waals surface area (Å²) in [4.78, 5) is 22.4. The number of hydrogen-bond donors (Lipinski definition) is 2. The molecular formula is C18H23N5OS. The van der Waals surface area contributed by atoms with Gasteiger partial charge in [0.1, 0.15) is 11.6 Å². The van der Waals surface area contributed by atoms with Crippen molar-refractivity contribution in [2.45, 2.75) is 30.7 Å². The van der Waals surface area contributed by atoms with E-state index >= 15 is 0 Å². The number of hydrogen-bond acceptors (Lipinski definition) is 6. The van der Waals surface area contributed by atoms with Crippen LogP contribution < -0.4 is 16.4 Å². The molecular weight excluding hydrogens is 334 g/mol. The predicted molar refractivity (Wildman–Crippen MR) is 101 cm³/mol. The van der Waals surface area contributed by atoms with Crippen molar-refractivity contribution in [2.24, 2.45) is 11.7 Å². The topological polar surface area (TPSA) is 98.1 Å². The smallest absolute Gasteiger partial charge is 0.220 e. The number of nitrogens with two attached hydrogens (primary N) is 2. The van der Waals surface area contributed by atoms with Gasteiger partial charge in [0.15, 0.2) is 5.16 Å². The molecule has 1 fully saturated rings. The molecule has 25 heavy (non-hydrogen) atoms. The first-order chi connectivity index (χ1) is 12.0. The highest BCUT2D eigenvalue weighted by Crippen LogP contribution is 2.26. The number of aryl methyl sites for hydroxylation is 1. The molecule has 0 atom stereocenters. The number of carbonyl (C=O) groups is 1. The van der Waals surface area contributed by atoms with Gasteiger partial charge >= 0.3 is 0 Å². The van der Waals surface area contributed by atoms with Crippen LogP contribution in [-0.4, -0.2) is 29.0 Å². The van der Waals surface area contributed by atoms with Crippen LogP contribution in [0.3, 0.4) is 0 Å². The lowest BCUT2D eigenvalue weighted by atomic mass is 9.96. The largest absolute Gasteiger partial charge is 0.383 e. The van der Waals surface area contributed by atoms with Crippen molar-refractivity contribution in [1.82, 2.24) is 9.97 Å². The summed E-state index contributed by atoms with van der Waals surface area (Å²) in [7, 11) is 0. The average Bonchev–Trinajstić information content (AvgIpc) is 2.61. The summed E-state index contributed by atoms with van der Waals surface area (Å²) in [5.74, 6) is 1.84. The number of amides is 1. The Labute approximate surface area is 152 Å². The fourth-order valence-corrected chi connectivity index (χ4v) is 3.70. The van der Waals surface area contributed by atoms with Crippen LogP contribution in [0.2, 0.25) is 0 Å². The predicted octanol–water partition coefficient (Wildman–Crippen LogP) is 2.36. The minimum Gasteiger partial charge on any atom is -0.383 e. The standard InChI is InChI=1S/C18H23N5OS/c1-12-2-4-13(5-3-12)11-25-18-21-15(19)10-16(22-18)23-8-6-14(7-9-23)17(20)24/h2-5,10,14H,6-9,11H2,1H3,(H2,20,24)(H2,19,21,22). The zero-order valence-electron chi connectivity index (χ0n) is 14.3. The van der Waals surface area contributed by atoms with Crippen molar-refractivity contribution in [3.05, 3.63) is 41.5 Å². The number of nitrogens with zero attached hydrogens (tertiary/aromatic N) is 3. The number of thioether (sulfide) groups is 1. The Bertz CT molecular complexity index is 742. The quantitative estimate of drug-likeness (QED) is 0.630. The van der Waals surface area contributed by atoms with Crippen molar-refractivity contribution in [3.8, 4) is 0 Å². The molecule has 4 N–H and O–H groups in total. The molecule has 2 heterocycles. The summed E-state index contributed by atoms with van der Waals surface area (Å²) < 4.78 is 0. The van der Waals surface area contributed by atoms with Crippen molar-refractivity contribution in [1.29, 1.82) is 0 Å². The van der Waals surface area contributed by atoms with Crippen LogP contribution in [0.4, 0.5) is 11.6 Å². The molecule has 1 saturated heterocycles. The molecule has 1 aliphatic rings. The van der Waals surface area contributed by atoms with E-state index in [-0.39, 0.29) is 11.8 Å². The highest BCUT2D eigenvalue weighted by atomic mass is 32.2. The Morgan fingerprint density at radius 1 is 1.24 bits per heavy atom. The Kier molecular flexibility index (Phi) is 5.43. The van der Waals surface area contributed by atoms with Crippen LogP contribution in [-0.2, 0) is 10.5 Å². The van der Waals surface area contributed by atoms with E-state index in [0.717, 1.165) is 37.5 Å². The third kappa shape index (κ3) is 4.63. The minimum absolute atomic E-state index is 0.0363. The van der Waals surface area contributed by atoms with Gasteiger partial charge in [0.2, 0.25) is 5.91 Å². The summed E-state index contributed by atoms with van der Waals surface area (Å²) in [5, 5.41) is 0.674. The highest BCUT2D eigenvalue weighted by Gasteiger charge is 2.24. The number of carbonyl (C=O) groups excluding carboxylic acids is 1. The summed E-state index contributed by atoms with van der Waals surface area (Å²) >= 11 is 1.57. The summed E-state index contributed by atoms with van der Waals surface area (Å²) in [6.45, 7) is 3.59. The van der Waals surface area contributed by atoms with E-state index in [1.807, 2.05) is 0 Å². The van der Waals surface area contributed by atoms with Gasteiger partial charge in [0, 0.05) is 30.8 Å². The third-order valence-electron chi connectivity index (χ3n) is 4.42. The van der Waals surface area contributed by atoms with Gasteiger partial charge in [-0.1, -0.05) is 41.6 Å². The number of piperidine rings is 1. The van der Waals surface area contributed by atoms with Gasteiger partial charge in [0.05, 0.1) is 0 Å². The van der Waals surface area contributed by atoms with E-state index in [1.165, 1.54) is 11.1 Å². The first kappa shape index (κ1) is 17.5. The lowest BCUT2D eigenvalue weighted by Crippen LogP contribution is -2.39. The highest BCUT2D eigenvalue weighted by molar-refractivity contribution is 7.98. The van der Waals surface area contributed by atoms with Gasteiger partial charge in [0.25, 0.3) is 0 Å². The van der Waals surface area contributed by atoms with Crippen LogP contribution in [0.1, 0.15) is 24.0 Å². The SMILES string of the molecule is Cc1ccc(CSc2nc(N)cc(N3CCC(C(N)=O)CC3)n2)cc1. The van der Waals surface area contributed by atoms with Crippen LogP contribution in [0.5, 0.6) is 0 Å². The van der Waals surface area contributed by atoms with E-state index in [1.54, 1.807) is 17.8 Å². The Hall–Kier alpha value is -2.28. The molecule has 1 aromatic heterocycles. The molecule has 132 valence electrons. The van der Waals surface area contributed by atoms with Gasteiger partial charge < -0.3 is 16.4 Å². The van der Waals surface area contributed by atoms with Crippen molar-refractivity contribution in [2.75, 3.05) is 23.7 Å². The zero-order chi connectivity index (χ0) is 17.8. The van der Waals surface area contributed by atoms with E-state index in [2.05, 4.69) is 46.1 Å². The molecule has 2 aromatic rings. The number of benzene rings is 1.